The van der Waals surface area contributed by atoms with Gasteiger partial charge in [-0.05, 0) is 12.5 Å². The molecule has 5 N–H and O–H groups in total. The monoisotopic (exact) mass is 639 g/mol. The minimum Gasteiger partial charge on any atom is -1.00 e. The number of hydrogen-bond donors (Lipinski definition) is 6. The number of carboxylic acids is 1. The Bertz CT molecular complexity index is 964. The molecule has 15 heteroatoms. The van der Waals surface area contributed by atoms with E-state index in [4.69, 9.17) is 4.74 Å². The number of benzene rings is 1. The summed E-state index contributed by atoms with van der Waals surface area (Å²) >= 11 is 7.39. The van der Waals surface area contributed by atoms with Crippen LogP contribution in [0.3, 0.4) is 0 Å². The molecule has 1 aromatic rings. The summed E-state index contributed by atoms with van der Waals surface area (Å²) in [7, 11) is 5.96. The molecule has 4 amide bonds. The molecule has 0 radical (unpaired) electrons. The van der Waals surface area contributed by atoms with Crippen LogP contribution >= 0.6 is 28.6 Å². The van der Waals surface area contributed by atoms with Crippen molar-refractivity contribution in [2.75, 3.05) is 46.5 Å². The van der Waals surface area contributed by atoms with E-state index in [1.165, 1.54) is 0 Å². The molecule has 214 valence electrons. The van der Waals surface area contributed by atoms with Crippen LogP contribution in [-0.4, -0.2) is 98.0 Å². The van der Waals surface area contributed by atoms with Crippen molar-refractivity contribution in [3.05, 3.63) is 34.3 Å². The number of ether oxygens (including phenoxy) is 1. The average Bonchev–Trinajstić information content (AvgIpc) is 2.82. The molecule has 0 fully saturated rings. The van der Waals surface area contributed by atoms with E-state index in [0.29, 0.717) is 23.1 Å². The summed E-state index contributed by atoms with van der Waals surface area (Å²) in [6.07, 6.45) is -1.47. The number of nitrogens with one attached hydrogen (secondary N) is 4. The van der Waals surface area contributed by atoms with Gasteiger partial charge in [0.05, 0.1) is 40.8 Å². The predicted molar refractivity (Wildman–Crippen MR) is 143 cm³/mol. The first-order chi connectivity index (χ1) is 17.3. The van der Waals surface area contributed by atoms with Crippen LogP contribution in [0.4, 0.5) is 4.79 Å². The molecule has 1 aromatic carbocycles. The first kappa shape index (κ1) is 35.5. The lowest BCUT2D eigenvalue weighted by Gasteiger charge is -2.23. The second kappa shape index (κ2) is 17.9. The molecule has 0 aliphatic carbocycles. The van der Waals surface area contributed by atoms with Gasteiger partial charge in [0.15, 0.2) is 0 Å². The van der Waals surface area contributed by atoms with E-state index in [9.17, 15) is 29.1 Å². The Morgan fingerprint density at radius 1 is 1.03 bits per heavy atom. The first-order valence-electron chi connectivity index (χ1n) is 11.5. The van der Waals surface area contributed by atoms with Gasteiger partial charge in [-0.1, -0.05) is 34.1 Å². The van der Waals surface area contributed by atoms with E-state index in [1.54, 1.807) is 24.3 Å². The minimum absolute atomic E-state index is 0. The highest BCUT2D eigenvalue weighted by molar-refractivity contribution is 9.10. The maximum Gasteiger partial charge on any atom is 0.408 e. The molecule has 1 rings (SSSR count). The zero-order chi connectivity index (χ0) is 28.0. The third kappa shape index (κ3) is 15.0. The van der Waals surface area contributed by atoms with Crippen molar-refractivity contribution in [2.24, 2.45) is 0 Å². The van der Waals surface area contributed by atoms with Crippen LogP contribution in [0.5, 0.6) is 0 Å². The van der Waals surface area contributed by atoms with Crippen LogP contribution in [0.1, 0.15) is 18.4 Å². The number of amides is 4. The molecule has 0 spiro atoms. The van der Waals surface area contributed by atoms with Crippen molar-refractivity contribution in [3.8, 4) is 0 Å². The lowest BCUT2D eigenvalue weighted by Crippen LogP contribution is -3.00. The number of alkyl carbamates (subject to hydrolysis) is 1. The average molecular weight is 641 g/mol. The highest BCUT2D eigenvalue weighted by Gasteiger charge is 2.24. The lowest BCUT2D eigenvalue weighted by atomic mass is 10.1. The standard InChI is InChI=1S/C23H34BrN5O7S.ClH/c1-29(2,3)11-10-25-20(31)12-26-21(32)18(14-37)27-19(30)9-8-17(22(33)34)28-23(35)36-13-15-6-4-5-7-16(15)24;/h4-7,17-18H,8-14H2,1-3H3,(H5-,25,26,27,28,30,31,32,33,34,35,37);1H/t17-,18-;/m0./s1. The van der Waals surface area contributed by atoms with Crippen LogP contribution in [0.25, 0.3) is 0 Å². The van der Waals surface area contributed by atoms with Crippen molar-refractivity contribution in [1.29, 1.82) is 0 Å². The van der Waals surface area contributed by atoms with Crippen LogP contribution < -0.4 is 33.7 Å². The summed E-state index contributed by atoms with van der Waals surface area (Å²) in [6, 6.07) is 4.67. The van der Waals surface area contributed by atoms with E-state index in [2.05, 4.69) is 49.8 Å². The smallest absolute Gasteiger partial charge is 0.408 e. The number of aliphatic carboxylic acids is 1. The summed E-state index contributed by atoms with van der Waals surface area (Å²) in [5.41, 5.74) is 0.696. The maximum absolute atomic E-state index is 12.3. The molecule has 0 bridgehead atoms. The number of nitrogens with zero attached hydrogens (tertiary/aromatic N) is 1. The molecule has 12 nitrogen and oxygen atoms in total. The van der Waals surface area contributed by atoms with E-state index in [1.807, 2.05) is 21.1 Å². The summed E-state index contributed by atoms with van der Waals surface area (Å²) in [5, 5.41) is 19.2. The van der Waals surface area contributed by atoms with Gasteiger partial charge < -0.3 is 48.0 Å². The molecule has 0 saturated heterocycles. The fourth-order valence-corrected chi connectivity index (χ4v) is 3.48. The Hall–Kier alpha value is -2.55. The Morgan fingerprint density at radius 3 is 2.26 bits per heavy atom. The number of carbonyl (C=O) groups excluding carboxylic acids is 4. The van der Waals surface area contributed by atoms with Crippen molar-refractivity contribution >= 4 is 58.3 Å². The van der Waals surface area contributed by atoms with E-state index < -0.39 is 36.0 Å². The quantitative estimate of drug-likeness (QED) is 0.0896. The summed E-state index contributed by atoms with van der Waals surface area (Å²) < 4.78 is 6.46. The number of likely N-dealkylation sites (N-methyl/N-ethyl adjacent to an activating group) is 1. The van der Waals surface area contributed by atoms with Crippen molar-refractivity contribution < 1.29 is 50.7 Å². The molecule has 0 aliphatic rings. The predicted octanol–water partition coefficient (Wildman–Crippen LogP) is -2.73. The number of thiol groups is 1. The van der Waals surface area contributed by atoms with Crippen LogP contribution in [0.15, 0.2) is 28.7 Å². The molecule has 38 heavy (non-hydrogen) atoms. The highest BCUT2D eigenvalue weighted by atomic mass is 79.9. The van der Waals surface area contributed by atoms with Gasteiger partial charge in [0, 0.05) is 22.2 Å². The third-order valence-electron chi connectivity index (χ3n) is 4.93. The minimum atomic E-state index is -1.38. The number of hydrogen-bond acceptors (Lipinski definition) is 7. The topological polar surface area (TPSA) is 163 Å². The fourth-order valence-electron chi connectivity index (χ4n) is 2.82. The molecule has 0 saturated carbocycles. The van der Waals surface area contributed by atoms with E-state index >= 15 is 0 Å². The van der Waals surface area contributed by atoms with Gasteiger partial charge in [0.2, 0.25) is 17.7 Å². The molecular formula is C23H35BrClN5O7S. The summed E-state index contributed by atoms with van der Waals surface area (Å²) in [6.45, 7) is 0.820. The first-order valence-corrected chi connectivity index (χ1v) is 12.9. The zero-order valence-corrected chi connectivity index (χ0v) is 24.7. The number of quaternary nitrogens is 1. The van der Waals surface area contributed by atoms with Crippen molar-refractivity contribution in [3.63, 3.8) is 0 Å². The van der Waals surface area contributed by atoms with Gasteiger partial charge in [0.1, 0.15) is 18.7 Å². The third-order valence-corrected chi connectivity index (χ3v) is 6.07. The van der Waals surface area contributed by atoms with E-state index in [0.717, 1.165) is 4.47 Å². The van der Waals surface area contributed by atoms with Gasteiger partial charge >= 0.3 is 12.1 Å². The highest BCUT2D eigenvalue weighted by Crippen LogP contribution is 2.16. The largest absolute Gasteiger partial charge is 1.00 e. The van der Waals surface area contributed by atoms with Crippen molar-refractivity contribution in [2.45, 2.75) is 31.5 Å². The van der Waals surface area contributed by atoms with Gasteiger partial charge in [-0.3, -0.25) is 14.4 Å². The summed E-state index contributed by atoms with van der Waals surface area (Å²) in [5.74, 6) is -2.97. The molecule has 0 aliphatic heterocycles. The molecular weight excluding hydrogens is 606 g/mol. The Labute approximate surface area is 242 Å². The molecule has 2 atom stereocenters. The Kier molecular flexibility index (Phi) is 16.7. The summed E-state index contributed by atoms with van der Waals surface area (Å²) in [4.78, 5) is 60.1. The second-order valence-electron chi connectivity index (χ2n) is 9.13. The fraction of sp³-hybridized carbons (Fsp3) is 0.522. The van der Waals surface area contributed by atoms with Gasteiger partial charge in [-0.2, -0.15) is 12.6 Å². The van der Waals surface area contributed by atoms with Gasteiger partial charge in [-0.15, -0.1) is 0 Å². The lowest BCUT2D eigenvalue weighted by molar-refractivity contribution is -0.869. The SMILES string of the molecule is C[N+](C)(C)CCNC(=O)CNC(=O)[C@H](CS)NC(=O)CC[C@H](NC(=O)OCc1ccccc1Br)C(=O)O.[Cl-]. The van der Waals surface area contributed by atoms with Crippen LogP contribution in [-0.2, 0) is 30.5 Å². The van der Waals surface area contributed by atoms with Crippen LogP contribution in [0.2, 0.25) is 0 Å². The number of rotatable bonds is 15. The van der Waals surface area contributed by atoms with Gasteiger partial charge in [0.25, 0.3) is 0 Å². The Morgan fingerprint density at radius 2 is 1.68 bits per heavy atom. The second-order valence-corrected chi connectivity index (χ2v) is 10.3. The number of carboxylic acid groups (broad SMARTS) is 1. The van der Waals surface area contributed by atoms with Crippen molar-refractivity contribution in [1.82, 2.24) is 21.3 Å². The molecule has 0 unspecified atom stereocenters. The Balaban J connectivity index is 0.0000137. The molecule has 0 aromatic heterocycles. The molecule has 0 heterocycles. The van der Waals surface area contributed by atoms with E-state index in [-0.39, 0.29) is 50.1 Å². The normalized spacial score (nSPS) is 12.2. The number of carbonyl (C=O) groups is 5. The maximum atomic E-state index is 12.3. The van der Waals surface area contributed by atoms with Gasteiger partial charge in [-0.25, -0.2) is 9.59 Å². The zero-order valence-electron chi connectivity index (χ0n) is 21.5. The number of halogens is 2. The van der Waals surface area contributed by atoms with Crippen LogP contribution in [0, 0.1) is 0 Å².